The third-order valence-corrected chi connectivity index (χ3v) is 3.85. The molecule has 0 aliphatic carbocycles. The molecule has 3 N–H and O–H groups in total. The van der Waals surface area contributed by atoms with Gasteiger partial charge in [0.15, 0.2) is 6.61 Å². The topological polar surface area (TPSA) is 131 Å². The van der Waals surface area contributed by atoms with Crippen molar-refractivity contribution in [1.82, 2.24) is 5.32 Å². The number of amides is 1. The Hall–Kier alpha value is -3.17. The van der Waals surface area contributed by atoms with Gasteiger partial charge in [-0.1, -0.05) is 23.7 Å². The van der Waals surface area contributed by atoms with Crippen molar-refractivity contribution in [3.8, 4) is 0 Å². The zero-order valence-corrected chi connectivity index (χ0v) is 15.4. The molecule has 28 heavy (non-hydrogen) atoms. The number of aliphatic hydroxyl groups excluding tert-OH is 1. The zero-order valence-electron chi connectivity index (χ0n) is 14.7. The minimum absolute atomic E-state index is 0.104. The molecule has 148 valence electrons. The Labute approximate surface area is 165 Å². The zero-order chi connectivity index (χ0) is 20.5. The summed E-state index contributed by atoms with van der Waals surface area (Å²) in [7, 11) is 0. The maximum atomic E-state index is 12.3. The van der Waals surface area contributed by atoms with E-state index in [1.54, 1.807) is 24.3 Å². The second-order valence-corrected chi connectivity index (χ2v) is 6.05. The Kier molecular flexibility index (Phi) is 7.73. The van der Waals surface area contributed by atoms with E-state index in [4.69, 9.17) is 21.4 Å². The molecule has 0 aromatic heterocycles. The van der Waals surface area contributed by atoms with Gasteiger partial charge in [-0.05, 0) is 23.8 Å². The molecule has 0 unspecified atom stereocenters. The van der Waals surface area contributed by atoms with Crippen LogP contribution in [0.15, 0.2) is 42.5 Å². The van der Waals surface area contributed by atoms with E-state index in [-0.39, 0.29) is 36.6 Å². The number of carbonyl (C=O) groups is 2. The number of ether oxygens (including phenoxy) is 1. The summed E-state index contributed by atoms with van der Waals surface area (Å²) in [5.74, 6) is -1.43. The van der Waals surface area contributed by atoms with Gasteiger partial charge in [0.1, 0.15) is 0 Å². The first kappa shape index (κ1) is 21.1. The quantitative estimate of drug-likeness (QED) is 0.329. The number of anilines is 1. The molecule has 2 aromatic rings. The lowest BCUT2D eigenvalue weighted by atomic mass is 10.1. The van der Waals surface area contributed by atoms with Gasteiger partial charge in [-0.2, -0.15) is 0 Å². The van der Waals surface area contributed by atoms with Crippen molar-refractivity contribution in [3.05, 3.63) is 68.7 Å². The summed E-state index contributed by atoms with van der Waals surface area (Å²) >= 11 is 5.79. The van der Waals surface area contributed by atoms with Gasteiger partial charge in [0.25, 0.3) is 11.6 Å². The van der Waals surface area contributed by atoms with Gasteiger partial charge in [0, 0.05) is 35.9 Å². The minimum atomic E-state index is -0.897. The number of nitrogens with zero attached hydrogens (tertiary/aromatic N) is 1. The number of hydrogen-bond acceptors (Lipinski definition) is 7. The summed E-state index contributed by atoms with van der Waals surface area (Å²) in [5.41, 5.74) is 0.673. The number of hydrogen-bond donors (Lipinski definition) is 3. The molecule has 0 aliphatic rings. The van der Waals surface area contributed by atoms with Gasteiger partial charge in [-0.3, -0.25) is 14.9 Å². The van der Waals surface area contributed by atoms with Gasteiger partial charge in [-0.15, -0.1) is 0 Å². The average Bonchev–Trinajstić information content (AvgIpc) is 2.69. The Bertz CT molecular complexity index is 857. The molecular formula is C18H18ClN3O6. The fourth-order valence-corrected chi connectivity index (χ4v) is 2.35. The molecule has 0 atom stereocenters. The molecule has 2 rings (SSSR count). The highest BCUT2D eigenvalue weighted by molar-refractivity contribution is 6.30. The number of aliphatic hydroxyl groups is 1. The highest BCUT2D eigenvalue weighted by Gasteiger charge is 2.19. The number of nitro benzene ring substituents is 1. The molecule has 0 fully saturated rings. The van der Waals surface area contributed by atoms with Crippen LogP contribution in [-0.4, -0.2) is 41.7 Å². The summed E-state index contributed by atoms with van der Waals surface area (Å²) in [6.07, 6.45) is 0. The molecule has 0 bridgehead atoms. The lowest BCUT2D eigenvalue weighted by molar-refractivity contribution is -0.384. The van der Waals surface area contributed by atoms with Crippen LogP contribution in [0.25, 0.3) is 0 Å². The van der Waals surface area contributed by atoms with Crippen LogP contribution in [0.3, 0.4) is 0 Å². The van der Waals surface area contributed by atoms with Gasteiger partial charge in [0.2, 0.25) is 0 Å². The fraction of sp³-hybridized carbons (Fsp3) is 0.222. The number of nitrogens with one attached hydrogen (secondary N) is 2. The first-order valence-electron chi connectivity index (χ1n) is 8.22. The van der Waals surface area contributed by atoms with Gasteiger partial charge in [0.05, 0.1) is 17.1 Å². The molecule has 0 aliphatic heterocycles. The Morgan fingerprint density at radius 1 is 1.18 bits per heavy atom. The van der Waals surface area contributed by atoms with Crippen LogP contribution in [-0.2, 0) is 16.1 Å². The van der Waals surface area contributed by atoms with Gasteiger partial charge >= 0.3 is 5.97 Å². The third kappa shape index (κ3) is 6.22. The lowest BCUT2D eigenvalue weighted by Gasteiger charge is -2.11. The maximum Gasteiger partial charge on any atom is 0.341 e. The lowest BCUT2D eigenvalue weighted by Crippen LogP contribution is -2.28. The summed E-state index contributed by atoms with van der Waals surface area (Å²) in [6.45, 7) is -0.375. The van der Waals surface area contributed by atoms with Crippen LogP contribution in [0.1, 0.15) is 15.9 Å². The molecule has 1 amide bonds. The van der Waals surface area contributed by atoms with E-state index in [2.05, 4.69) is 10.6 Å². The van der Waals surface area contributed by atoms with Crippen LogP contribution in [0, 0.1) is 10.1 Å². The van der Waals surface area contributed by atoms with E-state index in [1.807, 2.05) is 0 Å². The average molecular weight is 408 g/mol. The van der Waals surface area contributed by atoms with Crippen LogP contribution < -0.4 is 10.6 Å². The monoisotopic (exact) mass is 407 g/mol. The Morgan fingerprint density at radius 3 is 2.54 bits per heavy atom. The molecule has 9 nitrogen and oxygen atoms in total. The molecule has 0 heterocycles. The number of esters is 1. The fourth-order valence-electron chi connectivity index (χ4n) is 2.22. The summed E-state index contributed by atoms with van der Waals surface area (Å²) in [5, 5.41) is 25.8. The number of benzene rings is 2. The standard InChI is InChI=1S/C18H18ClN3O6/c19-13-3-1-12(2-4-13)10-21-17(24)11-28-18(25)15-9-14(22(26)27)5-6-16(15)20-7-8-23/h1-6,9,20,23H,7-8,10-11H2,(H,21,24). The minimum Gasteiger partial charge on any atom is -0.452 e. The predicted octanol–water partition coefficient (Wildman–Crippen LogP) is 2.13. The Morgan fingerprint density at radius 2 is 1.89 bits per heavy atom. The van der Waals surface area contributed by atoms with Crippen molar-refractivity contribution in [1.29, 1.82) is 0 Å². The van der Waals surface area contributed by atoms with Crippen molar-refractivity contribution in [2.75, 3.05) is 25.1 Å². The summed E-state index contributed by atoms with van der Waals surface area (Å²) in [6, 6.07) is 10.5. The van der Waals surface area contributed by atoms with Gasteiger partial charge in [-0.25, -0.2) is 4.79 Å². The van der Waals surface area contributed by atoms with E-state index in [9.17, 15) is 19.7 Å². The highest BCUT2D eigenvalue weighted by Crippen LogP contribution is 2.23. The molecule has 0 saturated carbocycles. The van der Waals surface area contributed by atoms with Crippen LogP contribution >= 0.6 is 11.6 Å². The van der Waals surface area contributed by atoms with Crippen molar-refractivity contribution < 1.29 is 24.4 Å². The smallest absolute Gasteiger partial charge is 0.341 e. The summed E-state index contributed by atoms with van der Waals surface area (Å²) < 4.78 is 4.96. The molecule has 2 aromatic carbocycles. The molecule has 0 saturated heterocycles. The normalized spacial score (nSPS) is 10.2. The van der Waals surface area contributed by atoms with Crippen LogP contribution in [0.4, 0.5) is 11.4 Å². The first-order valence-corrected chi connectivity index (χ1v) is 8.60. The van der Waals surface area contributed by atoms with Gasteiger partial charge < -0.3 is 20.5 Å². The summed E-state index contributed by atoms with van der Waals surface area (Å²) in [4.78, 5) is 34.4. The van der Waals surface area contributed by atoms with Crippen LogP contribution in [0.2, 0.25) is 5.02 Å². The number of nitro groups is 1. The maximum absolute atomic E-state index is 12.3. The van der Waals surface area contributed by atoms with Crippen molar-refractivity contribution in [3.63, 3.8) is 0 Å². The largest absolute Gasteiger partial charge is 0.452 e. The second kappa shape index (κ2) is 10.2. The van der Waals surface area contributed by atoms with E-state index < -0.39 is 23.4 Å². The van der Waals surface area contributed by atoms with E-state index >= 15 is 0 Å². The Balaban J connectivity index is 1.96. The number of non-ortho nitro benzene ring substituents is 1. The molecule has 0 radical (unpaired) electrons. The SMILES string of the molecule is O=C(COC(=O)c1cc([N+](=O)[O-])ccc1NCCO)NCc1ccc(Cl)cc1. The molecule has 0 spiro atoms. The number of halogens is 1. The predicted molar refractivity (Wildman–Crippen MR) is 102 cm³/mol. The molecule has 10 heteroatoms. The highest BCUT2D eigenvalue weighted by atomic mass is 35.5. The van der Waals surface area contributed by atoms with E-state index in [0.717, 1.165) is 11.6 Å². The second-order valence-electron chi connectivity index (χ2n) is 5.62. The van der Waals surface area contributed by atoms with E-state index in [0.29, 0.717) is 5.02 Å². The number of carbonyl (C=O) groups excluding carboxylic acids is 2. The number of rotatable bonds is 9. The van der Waals surface area contributed by atoms with Crippen molar-refractivity contribution in [2.24, 2.45) is 0 Å². The van der Waals surface area contributed by atoms with E-state index in [1.165, 1.54) is 12.1 Å². The third-order valence-electron chi connectivity index (χ3n) is 3.60. The van der Waals surface area contributed by atoms with Crippen molar-refractivity contribution in [2.45, 2.75) is 6.54 Å². The first-order chi connectivity index (χ1) is 13.4. The molecular weight excluding hydrogens is 390 g/mol. The van der Waals surface area contributed by atoms with Crippen LogP contribution in [0.5, 0.6) is 0 Å². The van der Waals surface area contributed by atoms with Crippen molar-refractivity contribution >= 4 is 34.9 Å².